The molecule has 4 heterocycles. The summed E-state index contributed by atoms with van der Waals surface area (Å²) in [5, 5.41) is 4.16. The van der Waals surface area contributed by atoms with E-state index < -0.39 is 0 Å². The quantitative estimate of drug-likeness (QED) is 0.521. The van der Waals surface area contributed by atoms with Crippen LogP contribution in [0.3, 0.4) is 0 Å². The maximum absolute atomic E-state index is 13.0. The van der Waals surface area contributed by atoms with Crippen molar-refractivity contribution >= 4 is 5.91 Å². The minimum atomic E-state index is -0.132. The summed E-state index contributed by atoms with van der Waals surface area (Å²) in [5.74, 6) is 0.804. The smallest absolute Gasteiger partial charge is 0.257 e. The van der Waals surface area contributed by atoms with Gasteiger partial charge >= 0.3 is 0 Å². The molecule has 1 fully saturated rings. The number of carbonyl (C=O) groups excluding carboxylic acids is 1. The van der Waals surface area contributed by atoms with E-state index >= 15 is 0 Å². The molecule has 8 nitrogen and oxygen atoms in total. The molecule has 0 N–H and O–H groups in total. The minimum absolute atomic E-state index is 0.00338. The zero-order chi connectivity index (χ0) is 20.3. The molecule has 0 spiro atoms. The van der Waals surface area contributed by atoms with Crippen LogP contribution in [0.15, 0.2) is 78.1 Å². The number of hydrogen-bond donors (Lipinski definition) is 0. The lowest BCUT2D eigenvalue weighted by atomic mass is 9.90. The molecule has 2 unspecified atom stereocenters. The summed E-state index contributed by atoms with van der Waals surface area (Å²) < 4.78 is 5.64. The predicted octanol–water partition coefficient (Wildman–Crippen LogP) is 2.95. The topological polar surface area (TPSA) is 97.9 Å². The Labute approximate surface area is 172 Å². The second-order valence-electron chi connectivity index (χ2n) is 7.16. The van der Waals surface area contributed by atoms with Gasteiger partial charge in [-0.05, 0) is 11.6 Å². The summed E-state index contributed by atoms with van der Waals surface area (Å²) in [7, 11) is 0. The molecule has 1 aliphatic rings. The van der Waals surface area contributed by atoms with Gasteiger partial charge in [-0.1, -0.05) is 41.6 Å². The Kier molecular flexibility index (Phi) is 4.72. The monoisotopic (exact) mass is 398 g/mol. The van der Waals surface area contributed by atoms with Gasteiger partial charge in [-0.15, -0.1) is 0 Å². The molecule has 1 aromatic carbocycles. The van der Waals surface area contributed by atoms with Gasteiger partial charge in [-0.25, -0.2) is 9.97 Å². The zero-order valence-corrected chi connectivity index (χ0v) is 16.0. The van der Waals surface area contributed by atoms with Crippen molar-refractivity contribution in [1.82, 2.24) is 30.0 Å². The SMILES string of the molecule is O=C(c1cncnc1)N1CC(c2cccnc2)C(c2nc(-c3ccccc3)no2)C1. The van der Waals surface area contributed by atoms with E-state index in [2.05, 4.69) is 25.1 Å². The number of rotatable bonds is 4. The summed E-state index contributed by atoms with van der Waals surface area (Å²) in [4.78, 5) is 31.6. The van der Waals surface area contributed by atoms with E-state index in [9.17, 15) is 4.79 Å². The van der Waals surface area contributed by atoms with Crippen molar-refractivity contribution in [3.8, 4) is 11.4 Å². The molecule has 148 valence electrons. The lowest BCUT2D eigenvalue weighted by Crippen LogP contribution is -2.29. The zero-order valence-electron chi connectivity index (χ0n) is 16.0. The average Bonchev–Trinajstić information content (AvgIpc) is 3.48. The van der Waals surface area contributed by atoms with E-state index in [1.165, 1.54) is 18.7 Å². The van der Waals surface area contributed by atoms with Crippen molar-refractivity contribution in [3.05, 3.63) is 90.6 Å². The summed E-state index contributed by atoms with van der Waals surface area (Å²) in [6, 6.07) is 13.6. The Morgan fingerprint density at radius 2 is 1.73 bits per heavy atom. The largest absolute Gasteiger partial charge is 0.339 e. The van der Waals surface area contributed by atoms with Crippen LogP contribution in [-0.4, -0.2) is 49.0 Å². The molecule has 4 aromatic rings. The van der Waals surface area contributed by atoms with Crippen molar-refractivity contribution in [2.24, 2.45) is 0 Å². The molecule has 2 atom stereocenters. The van der Waals surface area contributed by atoms with Crippen LogP contribution < -0.4 is 0 Å². The Morgan fingerprint density at radius 3 is 2.50 bits per heavy atom. The van der Waals surface area contributed by atoms with Gasteiger partial charge in [-0.3, -0.25) is 9.78 Å². The number of pyridine rings is 1. The molecule has 0 radical (unpaired) electrons. The third-order valence-corrected chi connectivity index (χ3v) is 5.32. The van der Waals surface area contributed by atoms with Crippen LogP contribution in [-0.2, 0) is 0 Å². The van der Waals surface area contributed by atoms with E-state index in [4.69, 9.17) is 4.52 Å². The Balaban J connectivity index is 1.47. The highest BCUT2D eigenvalue weighted by Gasteiger charge is 2.40. The molecule has 8 heteroatoms. The van der Waals surface area contributed by atoms with Gasteiger partial charge in [0.15, 0.2) is 0 Å². The number of amides is 1. The van der Waals surface area contributed by atoms with Crippen LogP contribution >= 0.6 is 0 Å². The van der Waals surface area contributed by atoms with E-state index in [0.717, 1.165) is 11.1 Å². The summed E-state index contributed by atoms with van der Waals surface area (Å²) in [6.07, 6.45) is 8.03. The number of benzene rings is 1. The fraction of sp³-hybridized carbons (Fsp3) is 0.182. The number of carbonyl (C=O) groups is 1. The summed E-state index contributed by atoms with van der Waals surface area (Å²) in [5.41, 5.74) is 2.37. The van der Waals surface area contributed by atoms with Gasteiger partial charge in [0.2, 0.25) is 11.7 Å². The first-order valence-corrected chi connectivity index (χ1v) is 9.63. The molecule has 1 amide bonds. The van der Waals surface area contributed by atoms with E-state index in [0.29, 0.717) is 30.4 Å². The Bertz CT molecular complexity index is 1130. The van der Waals surface area contributed by atoms with E-state index in [-0.39, 0.29) is 17.7 Å². The van der Waals surface area contributed by atoms with Gasteiger partial charge in [-0.2, -0.15) is 4.98 Å². The Morgan fingerprint density at radius 1 is 0.933 bits per heavy atom. The van der Waals surface area contributed by atoms with Crippen molar-refractivity contribution in [1.29, 1.82) is 0 Å². The Hall–Kier alpha value is -3.94. The first kappa shape index (κ1) is 18.1. The molecule has 0 saturated carbocycles. The van der Waals surface area contributed by atoms with Gasteiger partial charge in [0.25, 0.3) is 5.91 Å². The average molecular weight is 398 g/mol. The van der Waals surface area contributed by atoms with Crippen LogP contribution in [0, 0.1) is 0 Å². The van der Waals surface area contributed by atoms with Crippen LogP contribution in [0.2, 0.25) is 0 Å². The molecule has 1 saturated heterocycles. The normalized spacial score (nSPS) is 18.5. The molecule has 0 aliphatic carbocycles. The van der Waals surface area contributed by atoms with Gasteiger partial charge in [0, 0.05) is 49.4 Å². The first-order chi connectivity index (χ1) is 14.8. The van der Waals surface area contributed by atoms with Crippen LogP contribution in [0.25, 0.3) is 11.4 Å². The van der Waals surface area contributed by atoms with Gasteiger partial charge in [0.05, 0.1) is 11.5 Å². The van der Waals surface area contributed by atoms with Crippen LogP contribution in [0.5, 0.6) is 0 Å². The summed E-state index contributed by atoms with van der Waals surface area (Å²) >= 11 is 0. The lowest BCUT2D eigenvalue weighted by Gasteiger charge is -2.16. The molecule has 30 heavy (non-hydrogen) atoms. The fourth-order valence-corrected chi connectivity index (χ4v) is 3.84. The number of hydrogen-bond acceptors (Lipinski definition) is 7. The van der Waals surface area contributed by atoms with Crippen LogP contribution in [0.4, 0.5) is 0 Å². The lowest BCUT2D eigenvalue weighted by molar-refractivity contribution is 0.0787. The highest BCUT2D eigenvalue weighted by atomic mass is 16.5. The minimum Gasteiger partial charge on any atom is -0.339 e. The van der Waals surface area contributed by atoms with E-state index in [1.54, 1.807) is 11.1 Å². The third-order valence-electron chi connectivity index (χ3n) is 5.32. The second kappa shape index (κ2) is 7.82. The predicted molar refractivity (Wildman–Crippen MR) is 107 cm³/mol. The fourth-order valence-electron chi connectivity index (χ4n) is 3.84. The highest BCUT2D eigenvalue weighted by molar-refractivity contribution is 5.94. The first-order valence-electron chi connectivity index (χ1n) is 9.63. The van der Waals surface area contributed by atoms with Crippen molar-refractivity contribution in [2.45, 2.75) is 11.8 Å². The van der Waals surface area contributed by atoms with Gasteiger partial charge in [0.1, 0.15) is 6.33 Å². The maximum Gasteiger partial charge on any atom is 0.257 e. The highest BCUT2D eigenvalue weighted by Crippen LogP contribution is 2.39. The number of nitrogens with zero attached hydrogens (tertiary/aromatic N) is 6. The summed E-state index contributed by atoms with van der Waals surface area (Å²) in [6.45, 7) is 0.983. The van der Waals surface area contributed by atoms with Crippen molar-refractivity contribution < 1.29 is 9.32 Å². The number of likely N-dealkylation sites (tertiary alicyclic amines) is 1. The second-order valence-corrected chi connectivity index (χ2v) is 7.16. The standard InChI is InChI=1S/C22H18N6O2/c29-22(17-10-24-14-25-11-17)28-12-18(16-7-4-8-23-9-16)19(13-28)21-26-20(27-30-21)15-5-2-1-3-6-15/h1-11,14,18-19H,12-13H2. The van der Waals surface area contributed by atoms with Crippen LogP contribution in [0.1, 0.15) is 33.6 Å². The maximum atomic E-state index is 13.0. The molecule has 1 aliphatic heterocycles. The van der Waals surface area contributed by atoms with Gasteiger partial charge < -0.3 is 9.42 Å². The van der Waals surface area contributed by atoms with Crippen molar-refractivity contribution in [3.63, 3.8) is 0 Å². The number of aromatic nitrogens is 5. The third kappa shape index (κ3) is 3.43. The molecule has 5 rings (SSSR count). The molecule has 0 bridgehead atoms. The van der Waals surface area contributed by atoms with E-state index in [1.807, 2.05) is 48.7 Å². The molecule has 3 aromatic heterocycles. The van der Waals surface area contributed by atoms with Crippen molar-refractivity contribution in [2.75, 3.05) is 13.1 Å². The molecular weight excluding hydrogens is 380 g/mol. The molecular formula is C22H18N6O2.